The van der Waals surface area contributed by atoms with Crippen molar-refractivity contribution in [3.05, 3.63) is 0 Å². The summed E-state index contributed by atoms with van der Waals surface area (Å²) < 4.78 is 0. The van der Waals surface area contributed by atoms with Crippen molar-refractivity contribution in [1.82, 2.24) is 5.32 Å². The van der Waals surface area contributed by atoms with Crippen LogP contribution in [0.1, 0.15) is 40.5 Å². The van der Waals surface area contributed by atoms with E-state index in [1.807, 2.05) is 13.8 Å². The molecule has 1 atom stereocenters. The van der Waals surface area contributed by atoms with Gasteiger partial charge in [0.15, 0.2) is 0 Å². The van der Waals surface area contributed by atoms with Gasteiger partial charge in [-0.05, 0) is 19.8 Å². The van der Waals surface area contributed by atoms with Crippen LogP contribution in [0.5, 0.6) is 0 Å². The second-order valence-electron chi connectivity index (χ2n) is 4.25. The molecule has 1 heterocycles. The monoisotopic (exact) mass is 169 g/mol. The van der Waals surface area contributed by atoms with E-state index >= 15 is 0 Å². The second-order valence-corrected chi connectivity index (χ2v) is 4.25. The van der Waals surface area contributed by atoms with E-state index in [1.165, 1.54) is 0 Å². The Morgan fingerprint density at radius 2 is 1.92 bits per heavy atom. The van der Waals surface area contributed by atoms with Crippen LogP contribution in [0, 0.1) is 11.3 Å². The van der Waals surface area contributed by atoms with Gasteiger partial charge in [0.1, 0.15) is 0 Å². The highest BCUT2D eigenvalue weighted by Gasteiger charge is 2.49. The van der Waals surface area contributed by atoms with Crippen molar-refractivity contribution in [3.8, 4) is 0 Å². The molecule has 0 aliphatic carbocycles. The van der Waals surface area contributed by atoms with Crippen LogP contribution in [0.15, 0.2) is 0 Å². The molecule has 2 heteroatoms. The fraction of sp³-hybridized carbons (Fsp3) is 0.900. The topological polar surface area (TPSA) is 29.1 Å². The van der Waals surface area contributed by atoms with Crippen LogP contribution in [-0.2, 0) is 4.79 Å². The van der Waals surface area contributed by atoms with E-state index in [1.54, 1.807) is 0 Å². The van der Waals surface area contributed by atoms with Gasteiger partial charge in [0, 0.05) is 6.04 Å². The predicted molar refractivity (Wildman–Crippen MR) is 49.8 cm³/mol. The maximum Gasteiger partial charge on any atom is 0.228 e. The van der Waals surface area contributed by atoms with Gasteiger partial charge in [0.25, 0.3) is 0 Å². The molecule has 1 fully saturated rings. The standard InChI is InChI=1S/C10H19NO/c1-5-7(6-2)8-10(3,4)9(12)11-8/h7-8H,5-6H2,1-4H3,(H,11,12). The van der Waals surface area contributed by atoms with E-state index in [-0.39, 0.29) is 11.3 Å². The summed E-state index contributed by atoms with van der Waals surface area (Å²) >= 11 is 0. The molecule has 1 aliphatic heterocycles. The first kappa shape index (κ1) is 9.56. The number of rotatable bonds is 3. The number of carbonyl (C=O) groups excluding carboxylic acids is 1. The molecular formula is C10H19NO. The van der Waals surface area contributed by atoms with E-state index in [0.717, 1.165) is 12.8 Å². The summed E-state index contributed by atoms with van der Waals surface area (Å²) in [5.74, 6) is 0.858. The molecule has 0 bridgehead atoms. The van der Waals surface area contributed by atoms with Crippen LogP contribution in [0.3, 0.4) is 0 Å². The van der Waals surface area contributed by atoms with Crippen molar-refractivity contribution >= 4 is 5.91 Å². The van der Waals surface area contributed by atoms with Crippen LogP contribution in [0.4, 0.5) is 0 Å². The summed E-state index contributed by atoms with van der Waals surface area (Å²) in [5.41, 5.74) is -0.128. The van der Waals surface area contributed by atoms with E-state index in [9.17, 15) is 4.79 Å². The molecule has 1 amide bonds. The van der Waals surface area contributed by atoms with Gasteiger partial charge < -0.3 is 5.32 Å². The number of nitrogens with one attached hydrogen (secondary N) is 1. The normalized spacial score (nSPS) is 26.8. The summed E-state index contributed by atoms with van der Waals surface area (Å²) in [5, 5.41) is 3.00. The third-order valence-corrected chi connectivity index (χ3v) is 3.17. The average molecular weight is 169 g/mol. The molecule has 1 aliphatic rings. The largest absolute Gasteiger partial charge is 0.351 e. The van der Waals surface area contributed by atoms with Crippen LogP contribution in [0.2, 0.25) is 0 Å². The van der Waals surface area contributed by atoms with Gasteiger partial charge >= 0.3 is 0 Å². The van der Waals surface area contributed by atoms with E-state index < -0.39 is 0 Å². The fourth-order valence-electron chi connectivity index (χ4n) is 2.04. The lowest BCUT2D eigenvalue weighted by Gasteiger charge is -2.47. The number of hydrogen-bond donors (Lipinski definition) is 1. The summed E-state index contributed by atoms with van der Waals surface area (Å²) in [4.78, 5) is 11.2. The lowest BCUT2D eigenvalue weighted by molar-refractivity contribution is -0.145. The maximum absolute atomic E-state index is 11.2. The lowest BCUT2D eigenvalue weighted by atomic mass is 9.69. The zero-order valence-corrected chi connectivity index (χ0v) is 8.48. The van der Waals surface area contributed by atoms with Crippen molar-refractivity contribution < 1.29 is 4.79 Å². The molecule has 1 saturated heterocycles. The molecular weight excluding hydrogens is 150 g/mol. The highest BCUT2D eigenvalue weighted by Crippen LogP contribution is 2.36. The molecule has 12 heavy (non-hydrogen) atoms. The molecule has 1 rings (SSSR count). The first-order valence-electron chi connectivity index (χ1n) is 4.85. The Labute approximate surface area is 74.7 Å². The summed E-state index contributed by atoms with van der Waals surface area (Å²) in [7, 11) is 0. The average Bonchev–Trinajstić information content (AvgIpc) is 2.05. The molecule has 0 spiro atoms. The molecule has 2 nitrogen and oxygen atoms in total. The Morgan fingerprint density at radius 3 is 2.17 bits per heavy atom. The summed E-state index contributed by atoms with van der Waals surface area (Å²) in [6, 6.07) is 0.403. The fourth-order valence-corrected chi connectivity index (χ4v) is 2.04. The van der Waals surface area contributed by atoms with Crippen LogP contribution >= 0.6 is 0 Å². The zero-order chi connectivity index (χ0) is 9.35. The molecule has 0 aromatic carbocycles. The first-order valence-corrected chi connectivity index (χ1v) is 4.85. The minimum atomic E-state index is -0.128. The van der Waals surface area contributed by atoms with Gasteiger partial charge in [-0.2, -0.15) is 0 Å². The van der Waals surface area contributed by atoms with Gasteiger partial charge in [-0.25, -0.2) is 0 Å². The number of β-lactam (4-membered cyclic amide) rings is 1. The smallest absolute Gasteiger partial charge is 0.228 e. The minimum Gasteiger partial charge on any atom is -0.351 e. The zero-order valence-electron chi connectivity index (χ0n) is 8.48. The van der Waals surface area contributed by atoms with Gasteiger partial charge in [0.2, 0.25) is 5.91 Å². The Kier molecular flexibility index (Phi) is 2.45. The van der Waals surface area contributed by atoms with Crippen LogP contribution in [-0.4, -0.2) is 11.9 Å². The lowest BCUT2D eigenvalue weighted by Crippen LogP contribution is -2.66. The molecule has 0 aromatic heterocycles. The molecule has 1 N–H and O–H groups in total. The second kappa shape index (κ2) is 3.08. The quantitative estimate of drug-likeness (QED) is 0.643. The van der Waals surface area contributed by atoms with E-state index in [4.69, 9.17) is 0 Å². The van der Waals surface area contributed by atoms with Crippen LogP contribution in [0.25, 0.3) is 0 Å². The van der Waals surface area contributed by atoms with Gasteiger partial charge in [0.05, 0.1) is 5.41 Å². The van der Waals surface area contributed by atoms with Gasteiger partial charge in [-0.1, -0.05) is 26.7 Å². The van der Waals surface area contributed by atoms with E-state index in [0.29, 0.717) is 12.0 Å². The Bertz CT molecular complexity index is 182. The minimum absolute atomic E-state index is 0.128. The molecule has 0 saturated carbocycles. The van der Waals surface area contributed by atoms with Gasteiger partial charge in [-0.3, -0.25) is 4.79 Å². The van der Waals surface area contributed by atoms with Crippen molar-refractivity contribution in [2.75, 3.05) is 0 Å². The number of hydrogen-bond acceptors (Lipinski definition) is 1. The van der Waals surface area contributed by atoms with E-state index in [2.05, 4.69) is 19.2 Å². The summed E-state index contributed by atoms with van der Waals surface area (Å²) in [6.07, 6.45) is 2.32. The predicted octanol–water partition coefficient (Wildman–Crippen LogP) is 1.95. The number of carbonyl (C=O) groups is 1. The molecule has 70 valence electrons. The Morgan fingerprint density at radius 1 is 1.42 bits per heavy atom. The van der Waals surface area contributed by atoms with Crippen LogP contribution < -0.4 is 5.32 Å². The first-order chi connectivity index (χ1) is 5.54. The van der Waals surface area contributed by atoms with Crippen molar-refractivity contribution in [3.63, 3.8) is 0 Å². The summed E-state index contributed by atoms with van der Waals surface area (Å²) in [6.45, 7) is 8.45. The highest BCUT2D eigenvalue weighted by atomic mass is 16.2. The van der Waals surface area contributed by atoms with Crippen molar-refractivity contribution in [2.24, 2.45) is 11.3 Å². The Hall–Kier alpha value is -0.530. The Balaban J connectivity index is 2.61. The third-order valence-electron chi connectivity index (χ3n) is 3.17. The maximum atomic E-state index is 11.2. The number of amides is 1. The molecule has 0 aromatic rings. The van der Waals surface area contributed by atoms with Crippen molar-refractivity contribution in [1.29, 1.82) is 0 Å². The van der Waals surface area contributed by atoms with Gasteiger partial charge in [-0.15, -0.1) is 0 Å². The molecule has 1 unspecified atom stereocenters. The third kappa shape index (κ3) is 1.23. The highest BCUT2D eigenvalue weighted by molar-refractivity contribution is 5.89. The molecule has 0 radical (unpaired) electrons. The SMILES string of the molecule is CCC(CC)C1NC(=O)C1(C)C. The van der Waals surface area contributed by atoms with Crippen molar-refractivity contribution in [2.45, 2.75) is 46.6 Å².